The molecule has 3 aromatic carbocycles. The molecular formula is C29H24FN5O2. The van der Waals surface area contributed by atoms with Gasteiger partial charge < -0.3 is 14.9 Å². The van der Waals surface area contributed by atoms with Crippen molar-refractivity contribution in [3.05, 3.63) is 112 Å². The first-order valence-corrected chi connectivity index (χ1v) is 12.1. The van der Waals surface area contributed by atoms with E-state index in [1.165, 1.54) is 16.8 Å². The van der Waals surface area contributed by atoms with E-state index in [2.05, 4.69) is 15.4 Å². The van der Waals surface area contributed by atoms with Crippen LogP contribution in [0.15, 0.2) is 90.0 Å². The molecule has 0 spiro atoms. The van der Waals surface area contributed by atoms with Gasteiger partial charge in [-0.3, -0.25) is 9.59 Å². The summed E-state index contributed by atoms with van der Waals surface area (Å²) in [5.41, 5.74) is 4.04. The summed E-state index contributed by atoms with van der Waals surface area (Å²) in [6, 6.07) is 22.0. The number of fused-ring (bicyclic) bond motifs is 4. The van der Waals surface area contributed by atoms with E-state index in [1.807, 2.05) is 59.3 Å². The molecule has 6 aromatic rings. The van der Waals surface area contributed by atoms with Crippen LogP contribution in [0.2, 0.25) is 0 Å². The summed E-state index contributed by atoms with van der Waals surface area (Å²) in [4.78, 5) is 29.5. The van der Waals surface area contributed by atoms with Gasteiger partial charge >= 0.3 is 0 Å². The summed E-state index contributed by atoms with van der Waals surface area (Å²) in [5, 5.41) is 9.96. The number of para-hydroxylation sites is 2. The zero-order chi connectivity index (χ0) is 25.4. The second kappa shape index (κ2) is 9.39. The zero-order valence-corrected chi connectivity index (χ0v) is 19.9. The lowest BCUT2D eigenvalue weighted by Crippen LogP contribution is -2.35. The molecule has 0 aliphatic carbocycles. The summed E-state index contributed by atoms with van der Waals surface area (Å²) in [6.45, 7) is 0.656. The van der Waals surface area contributed by atoms with E-state index in [1.54, 1.807) is 18.3 Å². The second-order valence-electron chi connectivity index (χ2n) is 9.06. The number of benzene rings is 3. The normalized spacial score (nSPS) is 11.5. The number of carbonyl (C=O) groups excluding carboxylic acids is 1. The first-order valence-electron chi connectivity index (χ1n) is 12.1. The number of H-pyrrole nitrogens is 1. The van der Waals surface area contributed by atoms with E-state index in [-0.39, 0.29) is 23.8 Å². The van der Waals surface area contributed by atoms with E-state index in [0.29, 0.717) is 25.0 Å². The van der Waals surface area contributed by atoms with Gasteiger partial charge in [-0.25, -0.2) is 9.07 Å². The molecule has 184 valence electrons. The molecule has 0 atom stereocenters. The summed E-state index contributed by atoms with van der Waals surface area (Å²) in [7, 11) is 0. The number of hydrogen-bond acceptors (Lipinski definition) is 3. The maximum Gasteiger partial charge on any atom is 0.291 e. The highest BCUT2D eigenvalue weighted by atomic mass is 19.1. The number of amides is 1. The fourth-order valence-electron chi connectivity index (χ4n) is 4.91. The third-order valence-corrected chi connectivity index (χ3v) is 6.71. The molecule has 3 heterocycles. The molecule has 3 aromatic heterocycles. The lowest BCUT2D eigenvalue weighted by atomic mass is 10.1. The SMILES string of the molecule is O=C(Cn1ncc2c3ccccc3n(Cc3ccc(F)cc3)c2c1=O)NCCc1c[nH]c2ccccc12. The summed E-state index contributed by atoms with van der Waals surface area (Å²) >= 11 is 0. The van der Waals surface area contributed by atoms with Crippen LogP contribution >= 0.6 is 0 Å². The van der Waals surface area contributed by atoms with Gasteiger partial charge in [0, 0.05) is 46.5 Å². The van der Waals surface area contributed by atoms with Gasteiger partial charge in [0.15, 0.2) is 0 Å². The fraction of sp³-hybridized carbons (Fsp3) is 0.138. The average Bonchev–Trinajstić information content (AvgIpc) is 3.47. The number of nitrogens with zero attached hydrogens (tertiary/aromatic N) is 3. The molecule has 1 amide bonds. The Kier molecular flexibility index (Phi) is 5.76. The van der Waals surface area contributed by atoms with Crippen molar-refractivity contribution in [2.24, 2.45) is 0 Å². The number of nitrogens with one attached hydrogen (secondary N) is 2. The number of hydrogen-bond donors (Lipinski definition) is 2. The highest BCUT2D eigenvalue weighted by Gasteiger charge is 2.17. The molecule has 0 aliphatic heterocycles. The molecule has 0 radical (unpaired) electrons. The minimum atomic E-state index is -0.345. The van der Waals surface area contributed by atoms with Gasteiger partial charge in [-0.05, 0) is 41.8 Å². The number of rotatable bonds is 7. The molecule has 0 saturated heterocycles. The van der Waals surface area contributed by atoms with Crippen molar-refractivity contribution < 1.29 is 9.18 Å². The van der Waals surface area contributed by atoms with Crippen LogP contribution in [0, 0.1) is 5.82 Å². The van der Waals surface area contributed by atoms with Crippen molar-refractivity contribution in [3.8, 4) is 0 Å². The second-order valence-corrected chi connectivity index (χ2v) is 9.06. The first kappa shape index (κ1) is 22.7. The van der Waals surface area contributed by atoms with Crippen molar-refractivity contribution in [1.29, 1.82) is 0 Å². The van der Waals surface area contributed by atoms with E-state index in [0.717, 1.165) is 38.3 Å². The van der Waals surface area contributed by atoms with Crippen LogP contribution < -0.4 is 10.9 Å². The molecule has 0 saturated carbocycles. The van der Waals surface area contributed by atoms with Gasteiger partial charge in [-0.15, -0.1) is 0 Å². The van der Waals surface area contributed by atoms with Gasteiger partial charge in [-0.1, -0.05) is 48.5 Å². The van der Waals surface area contributed by atoms with Crippen LogP contribution in [0.4, 0.5) is 4.39 Å². The summed E-state index contributed by atoms with van der Waals surface area (Å²) in [5.74, 6) is -0.594. The zero-order valence-electron chi connectivity index (χ0n) is 19.9. The van der Waals surface area contributed by atoms with E-state index in [9.17, 15) is 14.0 Å². The molecule has 8 heteroatoms. The van der Waals surface area contributed by atoms with Crippen LogP contribution in [0.3, 0.4) is 0 Å². The number of aromatic nitrogens is 4. The first-order chi connectivity index (χ1) is 18.1. The van der Waals surface area contributed by atoms with Crippen LogP contribution in [0.5, 0.6) is 0 Å². The lowest BCUT2D eigenvalue weighted by molar-refractivity contribution is -0.121. The average molecular weight is 494 g/mol. The third kappa shape index (κ3) is 4.27. The molecule has 0 unspecified atom stereocenters. The van der Waals surface area contributed by atoms with Crippen LogP contribution in [-0.2, 0) is 24.3 Å². The fourth-order valence-corrected chi connectivity index (χ4v) is 4.91. The largest absolute Gasteiger partial charge is 0.361 e. The van der Waals surface area contributed by atoms with Crippen LogP contribution in [0.25, 0.3) is 32.7 Å². The molecule has 37 heavy (non-hydrogen) atoms. The predicted molar refractivity (Wildman–Crippen MR) is 142 cm³/mol. The van der Waals surface area contributed by atoms with Crippen molar-refractivity contribution in [3.63, 3.8) is 0 Å². The van der Waals surface area contributed by atoms with E-state index < -0.39 is 0 Å². The molecular weight excluding hydrogens is 469 g/mol. The smallest absolute Gasteiger partial charge is 0.291 e. The quantitative estimate of drug-likeness (QED) is 0.346. The molecule has 2 N–H and O–H groups in total. The van der Waals surface area contributed by atoms with Gasteiger partial charge in [0.2, 0.25) is 5.91 Å². The van der Waals surface area contributed by atoms with Crippen molar-refractivity contribution in [2.75, 3.05) is 6.54 Å². The van der Waals surface area contributed by atoms with Gasteiger partial charge in [0.25, 0.3) is 5.56 Å². The monoisotopic (exact) mass is 493 g/mol. The van der Waals surface area contributed by atoms with Crippen LogP contribution in [0.1, 0.15) is 11.1 Å². The standard InChI is InChI=1S/C29H24FN5O2/c30-21-11-9-19(10-12-21)17-34-26-8-4-2-6-23(26)24-16-33-35(29(37)28(24)34)18-27(36)31-14-13-20-15-32-25-7-3-1-5-22(20)25/h1-12,15-16,32H,13-14,17-18H2,(H,31,36). The Labute approximate surface area is 211 Å². The maximum absolute atomic E-state index is 13.5. The number of carbonyl (C=O) groups is 1. The van der Waals surface area contributed by atoms with Crippen molar-refractivity contribution in [1.82, 2.24) is 24.6 Å². The lowest BCUT2D eigenvalue weighted by Gasteiger charge is -2.09. The molecule has 6 rings (SSSR count). The summed E-state index contributed by atoms with van der Waals surface area (Å²) < 4.78 is 16.5. The Hall–Kier alpha value is -4.72. The van der Waals surface area contributed by atoms with Gasteiger partial charge in [0.05, 0.1) is 6.20 Å². The molecule has 0 bridgehead atoms. The van der Waals surface area contributed by atoms with E-state index in [4.69, 9.17) is 0 Å². The Morgan fingerprint density at radius 3 is 2.54 bits per heavy atom. The predicted octanol–water partition coefficient (Wildman–Crippen LogP) is 4.38. The Morgan fingerprint density at radius 1 is 0.946 bits per heavy atom. The number of aromatic amines is 1. The number of halogens is 1. The molecule has 7 nitrogen and oxygen atoms in total. The minimum Gasteiger partial charge on any atom is -0.361 e. The Morgan fingerprint density at radius 2 is 1.70 bits per heavy atom. The molecule has 0 fully saturated rings. The van der Waals surface area contributed by atoms with Crippen molar-refractivity contribution >= 4 is 38.6 Å². The van der Waals surface area contributed by atoms with Gasteiger partial charge in [0.1, 0.15) is 17.9 Å². The Bertz CT molecular complexity index is 1810. The molecule has 0 aliphatic rings. The minimum absolute atomic E-state index is 0.180. The third-order valence-electron chi connectivity index (χ3n) is 6.71. The van der Waals surface area contributed by atoms with Crippen molar-refractivity contribution in [2.45, 2.75) is 19.5 Å². The highest BCUT2D eigenvalue weighted by Crippen LogP contribution is 2.27. The topological polar surface area (TPSA) is 84.7 Å². The highest BCUT2D eigenvalue weighted by molar-refractivity contribution is 6.07. The van der Waals surface area contributed by atoms with E-state index >= 15 is 0 Å². The maximum atomic E-state index is 13.5. The summed E-state index contributed by atoms with van der Waals surface area (Å²) in [6.07, 6.45) is 4.26. The Balaban J connectivity index is 1.26. The van der Waals surface area contributed by atoms with Crippen LogP contribution in [-0.4, -0.2) is 31.8 Å². The van der Waals surface area contributed by atoms with Gasteiger partial charge in [-0.2, -0.15) is 5.10 Å².